The lowest BCUT2D eigenvalue weighted by Gasteiger charge is -2.32. The molecule has 1 aliphatic rings. The zero-order valence-corrected chi connectivity index (χ0v) is 18.3. The Labute approximate surface area is 178 Å². The Bertz CT molecular complexity index is 1090. The number of amides is 1. The summed E-state index contributed by atoms with van der Waals surface area (Å²) in [5.74, 6) is -0.114. The maximum absolute atomic E-state index is 13.0. The molecule has 0 aromatic heterocycles. The molecule has 1 amide bonds. The predicted octanol–water partition coefficient (Wildman–Crippen LogP) is 4.95. The lowest BCUT2D eigenvalue weighted by atomic mass is 9.78. The molecule has 1 saturated heterocycles. The molecule has 5 heteroatoms. The molecule has 4 nitrogen and oxygen atoms in total. The van der Waals surface area contributed by atoms with Gasteiger partial charge in [-0.05, 0) is 74.1 Å². The summed E-state index contributed by atoms with van der Waals surface area (Å²) in [5, 5.41) is 4.92. The highest BCUT2D eigenvalue weighted by Gasteiger charge is 2.51. The van der Waals surface area contributed by atoms with E-state index in [0.717, 1.165) is 28.3 Å². The van der Waals surface area contributed by atoms with Gasteiger partial charge in [-0.3, -0.25) is 4.79 Å². The number of carbonyl (C=O) groups is 1. The van der Waals surface area contributed by atoms with E-state index >= 15 is 0 Å². The van der Waals surface area contributed by atoms with Crippen molar-refractivity contribution in [1.29, 1.82) is 0 Å². The summed E-state index contributed by atoms with van der Waals surface area (Å²) in [7, 11) is -0.423. The van der Waals surface area contributed by atoms with Crippen molar-refractivity contribution in [3.05, 3.63) is 71.8 Å². The van der Waals surface area contributed by atoms with Gasteiger partial charge >= 0.3 is 7.12 Å². The molecule has 0 spiro atoms. The van der Waals surface area contributed by atoms with Gasteiger partial charge in [-0.2, -0.15) is 0 Å². The van der Waals surface area contributed by atoms with Crippen LogP contribution >= 0.6 is 0 Å². The van der Waals surface area contributed by atoms with Crippen LogP contribution in [-0.4, -0.2) is 24.2 Å². The van der Waals surface area contributed by atoms with Crippen LogP contribution in [0, 0.1) is 0 Å². The predicted molar refractivity (Wildman–Crippen MR) is 123 cm³/mol. The Hall–Kier alpha value is -2.63. The third-order valence-electron chi connectivity index (χ3n) is 6.27. The second-order valence-electron chi connectivity index (χ2n) is 8.88. The number of aryl methyl sites for hydroxylation is 1. The first-order valence-electron chi connectivity index (χ1n) is 10.5. The van der Waals surface area contributed by atoms with E-state index in [2.05, 4.69) is 18.3 Å². The fourth-order valence-corrected chi connectivity index (χ4v) is 3.69. The summed E-state index contributed by atoms with van der Waals surface area (Å²) in [5.41, 5.74) is 2.83. The maximum Gasteiger partial charge on any atom is 0.494 e. The van der Waals surface area contributed by atoms with E-state index in [0.29, 0.717) is 5.56 Å². The maximum atomic E-state index is 13.0. The van der Waals surface area contributed by atoms with Crippen molar-refractivity contribution in [3.8, 4) is 0 Å². The molecule has 0 aliphatic carbocycles. The van der Waals surface area contributed by atoms with Crippen LogP contribution < -0.4 is 10.8 Å². The highest BCUT2D eigenvalue weighted by Crippen LogP contribution is 2.36. The molecule has 1 fully saturated rings. The first-order chi connectivity index (χ1) is 14.2. The van der Waals surface area contributed by atoms with Crippen LogP contribution in [0.3, 0.4) is 0 Å². The summed E-state index contributed by atoms with van der Waals surface area (Å²) in [6.45, 7) is 10.3. The molecule has 4 rings (SSSR count). The molecule has 3 aromatic rings. The minimum atomic E-state index is -0.423. The molecule has 0 radical (unpaired) electrons. The van der Waals surface area contributed by atoms with Crippen LogP contribution in [0.5, 0.6) is 0 Å². The number of carbonyl (C=O) groups excluding carboxylic acids is 1. The molecule has 0 saturated carbocycles. The van der Waals surface area contributed by atoms with Gasteiger partial charge in [0.25, 0.3) is 5.91 Å². The second-order valence-corrected chi connectivity index (χ2v) is 8.88. The summed E-state index contributed by atoms with van der Waals surface area (Å²) < 4.78 is 12.4. The first kappa shape index (κ1) is 20.6. The Kier molecular flexibility index (Phi) is 5.21. The highest BCUT2D eigenvalue weighted by atomic mass is 16.7. The molecule has 154 valence electrons. The van der Waals surface area contributed by atoms with Crippen molar-refractivity contribution in [2.45, 2.75) is 52.2 Å². The fraction of sp³-hybridized carbons (Fsp3) is 0.320. The van der Waals surface area contributed by atoms with Crippen LogP contribution in [0.1, 0.15) is 50.5 Å². The third-order valence-corrected chi connectivity index (χ3v) is 6.27. The molecule has 30 heavy (non-hydrogen) atoms. The van der Waals surface area contributed by atoms with E-state index in [1.807, 2.05) is 82.3 Å². The standard InChI is InChI=1S/C25H28BNO3/c1-6-17-9-7-11-20(15-17)27-23(28)22-12-8-10-18-16-19(13-14-21(18)22)26-29-24(2,3)25(4,5)30-26/h7-16H,6H2,1-5H3,(H,27,28). The monoisotopic (exact) mass is 401 g/mol. The Morgan fingerprint density at radius 2 is 1.63 bits per heavy atom. The van der Waals surface area contributed by atoms with E-state index in [9.17, 15) is 4.79 Å². The van der Waals surface area contributed by atoms with Crippen molar-refractivity contribution in [2.75, 3.05) is 5.32 Å². The van der Waals surface area contributed by atoms with Crippen molar-refractivity contribution < 1.29 is 14.1 Å². The molecular formula is C25H28BNO3. The molecule has 3 aromatic carbocycles. The molecule has 1 heterocycles. The van der Waals surface area contributed by atoms with E-state index < -0.39 is 7.12 Å². The smallest absolute Gasteiger partial charge is 0.399 e. The number of rotatable bonds is 4. The Morgan fingerprint density at radius 3 is 2.33 bits per heavy atom. The summed E-state index contributed by atoms with van der Waals surface area (Å²) >= 11 is 0. The van der Waals surface area contributed by atoms with Crippen LogP contribution in [0.2, 0.25) is 0 Å². The van der Waals surface area contributed by atoms with E-state index in [1.165, 1.54) is 5.56 Å². The zero-order chi connectivity index (χ0) is 21.5. The first-order valence-corrected chi connectivity index (χ1v) is 10.5. The molecule has 1 aliphatic heterocycles. The lowest BCUT2D eigenvalue weighted by Crippen LogP contribution is -2.41. The van der Waals surface area contributed by atoms with Gasteiger partial charge in [0.15, 0.2) is 0 Å². The van der Waals surface area contributed by atoms with Gasteiger partial charge in [-0.15, -0.1) is 0 Å². The van der Waals surface area contributed by atoms with Gasteiger partial charge < -0.3 is 14.6 Å². The van der Waals surface area contributed by atoms with Crippen LogP contribution in [-0.2, 0) is 15.7 Å². The average molecular weight is 401 g/mol. The molecule has 0 atom stereocenters. The average Bonchev–Trinajstić information content (AvgIpc) is 2.94. The van der Waals surface area contributed by atoms with Gasteiger partial charge in [-0.25, -0.2) is 0 Å². The molecule has 0 unspecified atom stereocenters. The SMILES string of the molecule is CCc1cccc(NC(=O)c2cccc3cc(B4OC(C)(C)C(C)(C)O4)ccc23)c1. The Balaban J connectivity index is 1.62. The van der Waals surface area contributed by atoms with Crippen molar-refractivity contribution in [2.24, 2.45) is 0 Å². The third kappa shape index (κ3) is 3.75. The van der Waals surface area contributed by atoms with Crippen LogP contribution in [0.4, 0.5) is 5.69 Å². The van der Waals surface area contributed by atoms with Gasteiger partial charge in [0.2, 0.25) is 0 Å². The van der Waals surface area contributed by atoms with E-state index in [4.69, 9.17) is 9.31 Å². The number of benzene rings is 3. The normalized spacial score (nSPS) is 17.3. The van der Waals surface area contributed by atoms with E-state index in [-0.39, 0.29) is 17.1 Å². The van der Waals surface area contributed by atoms with Crippen LogP contribution in [0.15, 0.2) is 60.7 Å². The number of fused-ring (bicyclic) bond motifs is 1. The number of anilines is 1. The fourth-order valence-electron chi connectivity index (χ4n) is 3.69. The van der Waals surface area contributed by atoms with Crippen molar-refractivity contribution in [3.63, 3.8) is 0 Å². The van der Waals surface area contributed by atoms with Gasteiger partial charge in [0.1, 0.15) is 0 Å². The number of hydrogen-bond donors (Lipinski definition) is 1. The molecule has 0 bridgehead atoms. The molecule has 1 N–H and O–H groups in total. The number of nitrogens with one attached hydrogen (secondary N) is 1. The minimum absolute atomic E-state index is 0.114. The van der Waals surface area contributed by atoms with Crippen molar-refractivity contribution in [1.82, 2.24) is 0 Å². The zero-order valence-electron chi connectivity index (χ0n) is 18.3. The lowest BCUT2D eigenvalue weighted by molar-refractivity contribution is 0.00578. The minimum Gasteiger partial charge on any atom is -0.399 e. The van der Waals surface area contributed by atoms with E-state index in [1.54, 1.807) is 0 Å². The van der Waals surface area contributed by atoms with Gasteiger partial charge in [-0.1, -0.05) is 49.4 Å². The largest absolute Gasteiger partial charge is 0.494 e. The summed E-state index contributed by atoms with van der Waals surface area (Å²) in [6, 6.07) is 19.7. The van der Waals surface area contributed by atoms with Gasteiger partial charge in [0.05, 0.1) is 11.2 Å². The topological polar surface area (TPSA) is 47.6 Å². The Morgan fingerprint density at radius 1 is 0.933 bits per heavy atom. The summed E-state index contributed by atoms with van der Waals surface area (Å²) in [4.78, 5) is 13.0. The molecular weight excluding hydrogens is 373 g/mol. The van der Waals surface area contributed by atoms with Gasteiger partial charge in [0, 0.05) is 11.3 Å². The number of hydrogen-bond acceptors (Lipinski definition) is 3. The summed E-state index contributed by atoms with van der Waals surface area (Å²) in [6.07, 6.45) is 0.930. The highest BCUT2D eigenvalue weighted by molar-refractivity contribution is 6.62. The quantitative estimate of drug-likeness (QED) is 0.629. The second kappa shape index (κ2) is 7.57. The van der Waals surface area contributed by atoms with Crippen LogP contribution in [0.25, 0.3) is 10.8 Å². The van der Waals surface area contributed by atoms with Crippen molar-refractivity contribution >= 4 is 34.9 Å².